The highest BCUT2D eigenvalue weighted by Gasteiger charge is 2.45. The Morgan fingerprint density at radius 1 is 1.22 bits per heavy atom. The standard InChI is InChI=1S/C13H17NO8S/c1-23(20)6-9-10(15)11(16)12(17)13(22-9)21-8-4-2-7(3-5-8)14(18)19/h2-5,9-13,15-17H,6H2,1H3/t9-,10+,11+,12-,13-,23+/m1/s1. The van der Waals surface area contributed by atoms with Crippen LogP contribution in [0.25, 0.3) is 0 Å². The molecular weight excluding hydrogens is 330 g/mol. The lowest BCUT2D eigenvalue weighted by Gasteiger charge is -2.40. The van der Waals surface area contributed by atoms with Crippen molar-refractivity contribution in [2.45, 2.75) is 30.7 Å². The predicted molar refractivity (Wildman–Crippen MR) is 79.3 cm³/mol. The SMILES string of the molecule is C[S@](=O)C[C@H]1O[C@@H](Oc2ccc([N+](=O)[O-])cc2)[C@H](O)[C@@H](O)[C@H]1O. The minimum Gasteiger partial charge on any atom is -0.462 e. The van der Waals surface area contributed by atoms with Gasteiger partial charge in [0, 0.05) is 29.2 Å². The minimum atomic E-state index is -1.53. The van der Waals surface area contributed by atoms with Crippen LogP contribution in [0, 0.1) is 10.1 Å². The van der Waals surface area contributed by atoms with Crippen LogP contribution in [0.3, 0.4) is 0 Å². The first-order chi connectivity index (χ1) is 10.8. The number of ether oxygens (including phenoxy) is 2. The summed E-state index contributed by atoms with van der Waals surface area (Å²) in [6.07, 6.45) is -5.31. The second-order valence-corrected chi connectivity index (χ2v) is 6.60. The maximum atomic E-state index is 11.3. The molecule has 0 aromatic heterocycles. The van der Waals surface area contributed by atoms with Crippen LogP contribution in [0.5, 0.6) is 5.75 Å². The van der Waals surface area contributed by atoms with Crippen molar-refractivity contribution in [1.29, 1.82) is 0 Å². The summed E-state index contributed by atoms with van der Waals surface area (Å²) in [5.41, 5.74) is -0.128. The zero-order valence-corrected chi connectivity index (χ0v) is 13.0. The molecule has 0 unspecified atom stereocenters. The summed E-state index contributed by atoms with van der Waals surface area (Å²) in [4.78, 5) is 10.0. The zero-order valence-electron chi connectivity index (χ0n) is 12.1. The second-order valence-electron chi connectivity index (χ2n) is 5.12. The van der Waals surface area contributed by atoms with Crippen molar-refractivity contribution in [3.63, 3.8) is 0 Å². The van der Waals surface area contributed by atoms with E-state index in [4.69, 9.17) is 9.47 Å². The molecule has 2 rings (SSSR count). The largest absolute Gasteiger partial charge is 0.462 e. The number of rotatable bonds is 5. The second kappa shape index (κ2) is 7.32. The van der Waals surface area contributed by atoms with Gasteiger partial charge in [0.05, 0.1) is 10.7 Å². The van der Waals surface area contributed by atoms with Gasteiger partial charge >= 0.3 is 0 Å². The highest BCUT2D eigenvalue weighted by molar-refractivity contribution is 7.84. The lowest BCUT2D eigenvalue weighted by Crippen LogP contribution is -2.60. The van der Waals surface area contributed by atoms with Gasteiger partial charge in [0.15, 0.2) is 0 Å². The Hall–Kier alpha value is -1.59. The number of benzene rings is 1. The topological polar surface area (TPSA) is 139 Å². The summed E-state index contributed by atoms with van der Waals surface area (Å²) in [5.74, 6) is 0.144. The number of aliphatic hydroxyl groups is 3. The molecule has 1 aliphatic rings. The van der Waals surface area contributed by atoms with E-state index in [9.17, 15) is 29.6 Å². The van der Waals surface area contributed by atoms with Crippen LogP contribution in [-0.2, 0) is 15.5 Å². The first-order valence-electron chi connectivity index (χ1n) is 6.70. The Bertz CT molecular complexity index is 580. The highest BCUT2D eigenvalue weighted by Crippen LogP contribution is 2.26. The lowest BCUT2D eigenvalue weighted by molar-refractivity contribution is -0.384. The van der Waals surface area contributed by atoms with Crippen LogP contribution in [0.2, 0.25) is 0 Å². The molecule has 1 aliphatic heterocycles. The van der Waals surface area contributed by atoms with Gasteiger partial charge in [-0.2, -0.15) is 0 Å². The van der Waals surface area contributed by atoms with Crippen molar-refractivity contribution in [2.24, 2.45) is 0 Å². The van der Waals surface area contributed by atoms with Crippen LogP contribution >= 0.6 is 0 Å². The highest BCUT2D eigenvalue weighted by atomic mass is 32.2. The van der Waals surface area contributed by atoms with E-state index in [1.165, 1.54) is 30.5 Å². The van der Waals surface area contributed by atoms with E-state index in [0.717, 1.165) is 0 Å². The van der Waals surface area contributed by atoms with E-state index in [1.54, 1.807) is 0 Å². The van der Waals surface area contributed by atoms with Crippen molar-refractivity contribution in [2.75, 3.05) is 12.0 Å². The smallest absolute Gasteiger partial charge is 0.269 e. The van der Waals surface area contributed by atoms with Gasteiger partial charge in [-0.15, -0.1) is 0 Å². The third kappa shape index (κ3) is 4.24. The molecule has 0 aliphatic carbocycles. The van der Waals surface area contributed by atoms with Crippen LogP contribution in [-0.4, -0.2) is 67.2 Å². The number of hydrogen-bond acceptors (Lipinski definition) is 8. The maximum absolute atomic E-state index is 11.3. The molecule has 23 heavy (non-hydrogen) atoms. The number of nitro benzene ring substituents is 1. The van der Waals surface area contributed by atoms with Gasteiger partial charge in [-0.05, 0) is 12.1 Å². The molecule has 6 atom stereocenters. The third-order valence-corrected chi connectivity index (χ3v) is 4.17. The molecule has 1 saturated heterocycles. The van der Waals surface area contributed by atoms with E-state index in [-0.39, 0.29) is 17.2 Å². The monoisotopic (exact) mass is 347 g/mol. The number of nitrogens with zero attached hydrogens (tertiary/aromatic N) is 1. The van der Waals surface area contributed by atoms with Gasteiger partial charge in [-0.1, -0.05) is 0 Å². The van der Waals surface area contributed by atoms with Crippen LogP contribution < -0.4 is 4.74 Å². The molecule has 10 heteroatoms. The fourth-order valence-corrected chi connectivity index (χ4v) is 2.90. The van der Waals surface area contributed by atoms with Gasteiger partial charge in [0.1, 0.15) is 30.2 Å². The molecule has 1 aromatic carbocycles. The fraction of sp³-hybridized carbons (Fsp3) is 0.538. The van der Waals surface area contributed by atoms with E-state index < -0.39 is 46.4 Å². The number of nitro groups is 1. The first-order valence-corrected chi connectivity index (χ1v) is 8.43. The Morgan fingerprint density at radius 3 is 2.35 bits per heavy atom. The lowest BCUT2D eigenvalue weighted by atomic mass is 10.00. The van der Waals surface area contributed by atoms with E-state index in [1.807, 2.05) is 0 Å². The quantitative estimate of drug-likeness (QED) is 0.463. The van der Waals surface area contributed by atoms with Gasteiger partial charge in [-0.3, -0.25) is 14.3 Å². The molecule has 0 radical (unpaired) electrons. The van der Waals surface area contributed by atoms with Crippen molar-refractivity contribution in [1.82, 2.24) is 0 Å². The van der Waals surface area contributed by atoms with Crippen LogP contribution in [0.1, 0.15) is 0 Å². The molecule has 0 saturated carbocycles. The molecular formula is C13H17NO8S. The number of aliphatic hydroxyl groups excluding tert-OH is 3. The number of hydrogen-bond donors (Lipinski definition) is 3. The third-order valence-electron chi connectivity index (χ3n) is 3.37. The van der Waals surface area contributed by atoms with E-state index >= 15 is 0 Å². The van der Waals surface area contributed by atoms with Crippen molar-refractivity contribution < 1.29 is 33.9 Å². The summed E-state index contributed by atoms with van der Waals surface area (Å²) >= 11 is 0. The molecule has 0 spiro atoms. The number of non-ortho nitro benzene ring substituents is 1. The van der Waals surface area contributed by atoms with Crippen molar-refractivity contribution in [3.05, 3.63) is 34.4 Å². The van der Waals surface area contributed by atoms with Crippen molar-refractivity contribution >= 4 is 16.5 Å². The summed E-state index contributed by atoms with van der Waals surface area (Å²) in [6, 6.07) is 5.07. The molecule has 3 N–H and O–H groups in total. The van der Waals surface area contributed by atoms with E-state index in [2.05, 4.69) is 0 Å². The maximum Gasteiger partial charge on any atom is 0.269 e. The summed E-state index contributed by atoms with van der Waals surface area (Å²) < 4.78 is 22.0. The fourth-order valence-electron chi connectivity index (χ4n) is 2.16. The molecule has 1 fully saturated rings. The van der Waals surface area contributed by atoms with E-state index in [0.29, 0.717) is 0 Å². The molecule has 9 nitrogen and oxygen atoms in total. The molecule has 0 bridgehead atoms. The van der Waals surface area contributed by atoms with Crippen LogP contribution in [0.15, 0.2) is 24.3 Å². The first kappa shape index (κ1) is 17.8. The zero-order chi connectivity index (χ0) is 17.1. The van der Waals surface area contributed by atoms with Gasteiger partial charge in [-0.25, -0.2) is 0 Å². The minimum absolute atomic E-state index is 0.0366. The van der Waals surface area contributed by atoms with Crippen molar-refractivity contribution in [3.8, 4) is 5.75 Å². The van der Waals surface area contributed by atoms with Crippen LogP contribution in [0.4, 0.5) is 5.69 Å². The molecule has 1 aromatic rings. The average molecular weight is 347 g/mol. The molecule has 1 heterocycles. The summed E-state index contributed by atoms with van der Waals surface area (Å²) in [5, 5.41) is 40.2. The Balaban J connectivity index is 2.10. The summed E-state index contributed by atoms with van der Waals surface area (Å²) in [7, 11) is -1.29. The molecule has 128 valence electrons. The Labute approximate surface area is 134 Å². The average Bonchev–Trinajstić information content (AvgIpc) is 2.50. The van der Waals surface area contributed by atoms with Gasteiger partial charge in [0.25, 0.3) is 5.69 Å². The normalized spacial score (nSPS) is 32.3. The predicted octanol–water partition coefficient (Wildman–Crippen LogP) is -0.840. The molecule has 0 amide bonds. The Kier molecular flexibility index (Phi) is 5.65. The van der Waals surface area contributed by atoms with Gasteiger partial charge < -0.3 is 24.8 Å². The summed E-state index contributed by atoms with van der Waals surface area (Å²) in [6.45, 7) is 0. The van der Waals surface area contributed by atoms with Gasteiger partial charge in [0.2, 0.25) is 6.29 Å². The Morgan fingerprint density at radius 2 is 1.83 bits per heavy atom.